The van der Waals surface area contributed by atoms with Gasteiger partial charge in [-0.05, 0) is 15.9 Å². The molecular formula is C7H5BrN2O. The third-order valence-electron chi connectivity index (χ3n) is 1.12. The minimum Gasteiger partial charge on any atom is -0.286 e. The fourth-order valence-electron chi connectivity index (χ4n) is 0.635. The Kier molecular flexibility index (Phi) is 2.44. The van der Waals surface area contributed by atoms with Crippen LogP contribution in [0.1, 0.15) is 0 Å². The number of nitrogens with zero attached hydrogens (tertiary/aromatic N) is 2. The van der Waals surface area contributed by atoms with Gasteiger partial charge in [0.25, 0.3) is 5.56 Å². The Labute approximate surface area is 72.2 Å². The monoisotopic (exact) mass is 212 g/mol. The molecule has 4 heteroatoms. The number of terminal acetylenes is 1. The molecule has 0 unspecified atom stereocenters. The summed E-state index contributed by atoms with van der Waals surface area (Å²) in [5, 5.41) is 0. The molecule has 1 aromatic heterocycles. The molecule has 0 atom stereocenters. The van der Waals surface area contributed by atoms with Crippen molar-refractivity contribution >= 4 is 15.9 Å². The van der Waals surface area contributed by atoms with Crippen LogP contribution in [0.4, 0.5) is 0 Å². The molecule has 0 radical (unpaired) electrons. The third-order valence-corrected chi connectivity index (χ3v) is 1.66. The van der Waals surface area contributed by atoms with Crippen LogP contribution in [0.3, 0.4) is 0 Å². The van der Waals surface area contributed by atoms with Crippen LogP contribution < -0.4 is 5.56 Å². The van der Waals surface area contributed by atoms with E-state index in [1.54, 1.807) is 0 Å². The van der Waals surface area contributed by atoms with Crippen molar-refractivity contribution in [2.24, 2.45) is 0 Å². The van der Waals surface area contributed by atoms with Crippen molar-refractivity contribution in [2.45, 2.75) is 6.54 Å². The first-order valence-corrected chi connectivity index (χ1v) is 3.68. The maximum absolute atomic E-state index is 11.1. The van der Waals surface area contributed by atoms with Crippen LogP contribution in [0.5, 0.6) is 0 Å². The predicted molar refractivity (Wildman–Crippen MR) is 45.0 cm³/mol. The molecular weight excluding hydrogens is 208 g/mol. The standard InChI is InChI=1S/C7H5BrN2O/c1-2-3-10-5-9-4-6(8)7(10)11/h1,4-5H,3H2. The largest absolute Gasteiger partial charge is 0.286 e. The minimum absolute atomic E-state index is 0.155. The molecule has 0 saturated heterocycles. The van der Waals surface area contributed by atoms with E-state index in [2.05, 4.69) is 26.8 Å². The molecule has 0 aliphatic carbocycles. The molecule has 0 spiro atoms. The fourth-order valence-corrected chi connectivity index (χ4v) is 0.981. The topological polar surface area (TPSA) is 34.9 Å². The lowest BCUT2D eigenvalue weighted by Gasteiger charge is -1.97. The van der Waals surface area contributed by atoms with Gasteiger partial charge in [-0.1, -0.05) is 5.92 Å². The highest BCUT2D eigenvalue weighted by atomic mass is 79.9. The lowest BCUT2D eigenvalue weighted by molar-refractivity contribution is 0.762. The summed E-state index contributed by atoms with van der Waals surface area (Å²) in [5.41, 5.74) is -0.155. The molecule has 0 bridgehead atoms. The second kappa shape index (κ2) is 3.35. The van der Waals surface area contributed by atoms with Gasteiger partial charge in [0, 0.05) is 6.20 Å². The van der Waals surface area contributed by atoms with Crippen LogP contribution in [0.25, 0.3) is 0 Å². The highest BCUT2D eigenvalue weighted by Crippen LogP contribution is 1.97. The van der Waals surface area contributed by atoms with Gasteiger partial charge in [0.1, 0.15) is 4.47 Å². The second-order valence-electron chi connectivity index (χ2n) is 1.88. The molecule has 1 heterocycles. The third kappa shape index (κ3) is 1.69. The zero-order chi connectivity index (χ0) is 8.27. The Morgan fingerprint density at radius 3 is 3.18 bits per heavy atom. The summed E-state index contributed by atoms with van der Waals surface area (Å²) >= 11 is 3.05. The van der Waals surface area contributed by atoms with E-state index in [9.17, 15) is 4.79 Å². The van der Waals surface area contributed by atoms with Crippen LogP contribution in [-0.4, -0.2) is 9.55 Å². The molecule has 0 aliphatic heterocycles. The van der Waals surface area contributed by atoms with Gasteiger partial charge in [-0.2, -0.15) is 0 Å². The SMILES string of the molecule is C#CCn1cncc(Br)c1=O. The first-order valence-electron chi connectivity index (χ1n) is 2.89. The highest BCUT2D eigenvalue weighted by molar-refractivity contribution is 9.10. The number of hydrogen-bond acceptors (Lipinski definition) is 2. The molecule has 0 fully saturated rings. The van der Waals surface area contributed by atoms with Crippen molar-refractivity contribution in [2.75, 3.05) is 0 Å². The van der Waals surface area contributed by atoms with E-state index in [0.717, 1.165) is 0 Å². The minimum atomic E-state index is -0.155. The van der Waals surface area contributed by atoms with E-state index in [4.69, 9.17) is 6.42 Å². The van der Waals surface area contributed by atoms with E-state index in [0.29, 0.717) is 4.47 Å². The van der Waals surface area contributed by atoms with Gasteiger partial charge in [0.2, 0.25) is 0 Å². The predicted octanol–water partition coefficient (Wildman–Crippen LogP) is 0.639. The zero-order valence-corrected chi connectivity index (χ0v) is 7.21. The average Bonchev–Trinajstić information content (AvgIpc) is 1.99. The lowest BCUT2D eigenvalue weighted by atomic mass is 10.6. The van der Waals surface area contributed by atoms with Crippen LogP contribution in [0.2, 0.25) is 0 Å². The molecule has 1 aromatic rings. The number of halogens is 1. The van der Waals surface area contributed by atoms with Crippen molar-refractivity contribution in [3.63, 3.8) is 0 Å². The van der Waals surface area contributed by atoms with Crippen molar-refractivity contribution in [3.8, 4) is 12.3 Å². The van der Waals surface area contributed by atoms with Gasteiger partial charge in [0.05, 0.1) is 12.9 Å². The summed E-state index contributed by atoms with van der Waals surface area (Å²) < 4.78 is 1.78. The van der Waals surface area contributed by atoms with Gasteiger partial charge in [-0.3, -0.25) is 9.36 Å². The summed E-state index contributed by atoms with van der Waals surface area (Å²) in [6.07, 6.45) is 7.88. The average molecular weight is 213 g/mol. The first kappa shape index (κ1) is 8.02. The Hall–Kier alpha value is -1.08. The molecule has 0 amide bonds. The first-order chi connectivity index (χ1) is 5.25. The van der Waals surface area contributed by atoms with E-state index < -0.39 is 0 Å². The van der Waals surface area contributed by atoms with Crippen molar-refractivity contribution in [1.82, 2.24) is 9.55 Å². The highest BCUT2D eigenvalue weighted by Gasteiger charge is 1.97. The van der Waals surface area contributed by atoms with Crippen LogP contribution in [0, 0.1) is 12.3 Å². The van der Waals surface area contributed by atoms with Crippen molar-refractivity contribution in [3.05, 3.63) is 27.4 Å². The molecule has 11 heavy (non-hydrogen) atoms. The van der Waals surface area contributed by atoms with Crippen molar-refractivity contribution < 1.29 is 0 Å². The number of rotatable bonds is 1. The Morgan fingerprint density at radius 1 is 1.82 bits per heavy atom. The van der Waals surface area contributed by atoms with Crippen LogP contribution >= 0.6 is 15.9 Å². The van der Waals surface area contributed by atoms with E-state index in [1.165, 1.54) is 17.1 Å². The molecule has 3 nitrogen and oxygen atoms in total. The molecule has 0 N–H and O–H groups in total. The number of aromatic nitrogens is 2. The fraction of sp³-hybridized carbons (Fsp3) is 0.143. The zero-order valence-electron chi connectivity index (χ0n) is 5.62. The molecule has 0 saturated carbocycles. The summed E-state index contributed by atoms with van der Waals surface area (Å²) in [6.45, 7) is 0.255. The van der Waals surface area contributed by atoms with Gasteiger partial charge >= 0.3 is 0 Å². The van der Waals surface area contributed by atoms with E-state index in [1.807, 2.05) is 0 Å². The summed E-state index contributed by atoms with van der Waals surface area (Å²) in [5.74, 6) is 2.35. The van der Waals surface area contributed by atoms with Crippen molar-refractivity contribution in [1.29, 1.82) is 0 Å². The summed E-state index contributed by atoms with van der Waals surface area (Å²) in [4.78, 5) is 14.9. The van der Waals surface area contributed by atoms with E-state index in [-0.39, 0.29) is 12.1 Å². The Balaban J connectivity index is 3.20. The van der Waals surface area contributed by atoms with Gasteiger partial charge < -0.3 is 0 Å². The van der Waals surface area contributed by atoms with E-state index >= 15 is 0 Å². The van der Waals surface area contributed by atoms with Gasteiger partial charge in [0.15, 0.2) is 0 Å². The lowest BCUT2D eigenvalue weighted by Crippen LogP contribution is -2.19. The number of hydrogen-bond donors (Lipinski definition) is 0. The quantitative estimate of drug-likeness (QED) is 0.641. The molecule has 1 rings (SSSR count). The smallest absolute Gasteiger partial charge is 0.268 e. The van der Waals surface area contributed by atoms with Crippen LogP contribution in [0.15, 0.2) is 21.8 Å². The summed E-state index contributed by atoms with van der Waals surface area (Å²) in [6, 6.07) is 0. The molecule has 56 valence electrons. The second-order valence-corrected chi connectivity index (χ2v) is 2.73. The Bertz CT molecular complexity index is 350. The normalized spacial score (nSPS) is 9.09. The maximum Gasteiger partial charge on any atom is 0.268 e. The summed E-state index contributed by atoms with van der Waals surface area (Å²) in [7, 11) is 0. The Morgan fingerprint density at radius 2 is 2.55 bits per heavy atom. The van der Waals surface area contributed by atoms with Gasteiger partial charge in [-0.15, -0.1) is 6.42 Å². The van der Waals surface area contributed by atoms with Gasteiger partial charge in [-0.25, -0.2) is 4.98 Å². The van der Waals surface area contributed by atoms with Crippen LogP contribution in [-0.2, 0) is 6.54 Å². The molecule has 0 aliphatic rings. The molecule has 0 aromatic carbocycles. The maximum atomic E-state index is 11.1.